The van der Waals surface area contributed by atoms with Gasteiger partial charge < -0.3 is 0 Å². The third-order valence-electron chi connectivity index (χ3n) is 6.94. The number of nitro groups is 1. The van der Waals surface area contributed by atoms with Gasteiger partial charge in [0.25, 0.3) is 0 Å². The van der Waals surface area contributed by atoms with E-state index >= 15 is 0 Å². The summed E-state index contributed by atoms with van der Waals surface area (Å²) >= 11 is 0. The first kappa shape index (κ1) is 14.2. The summed E-state index contributed by atoms with van der Waals surface area (Å²) < 4.78 is 0. The molecule has 0 radical (unpaired) electrons. The Kier molecular flexibility index (Phi) is 3.07. The fourth-order valence-corrected chi connectivity index (χ4v) is 5.85. The molecule has 4 nitrogen and oxygen atoms in total. The van der Waals surface area contributed by atoms with Gasteiger partial charge in [0.05, 0.1) is 0 Å². The summed E-state index contributed by atoms with van der Waals surface area (Å²) in [6.07, 6.45) is 9.18. The highest BCUT2D eigenvalue weighted by Crippen LogP contribution is 2.60. The van der Waals surface area contributed by atoms with Gasteiger partial charge in [-0.05, 0) is 67.6 Å². The molecule has 0 N–H and O–H groups in total. The van der Waals surface area contributed by atoms with Crippen molar-refractivity contribution in [1.82, 2.24) is 0 Å². The van der Waals surface area contributed by atoms with Gasteiger partial charge in [-0.3, -0.25) is 14.9 Å². The van der Waals surface area contributed by atoms with Gasteiger partial charge in [-0.25, -0.2) is 0 Å². The molecule has 0 heterocycles. The first-order valence-electron chi connectivity index (χ1n) is 8.60. The Morgan fingerprint density at radius 3 is 2.77 bits per heavy atom. The van der Waals surface area contributed by atoms with Crippen molar-refractivity contribution >= 4 is 5.78 Å². The van der Waals surface area contributed by atoms with Crippen LogP contribution >= 0.6 is 0 Å². The second-order valence-electron chi connectivity index (χ2n) is 7.78. The predicted molar refractivity (Wildman–Crippen MR) is 82.9 cm³/mol. The van der Waals surface area contributed by atoms with Gasteiger partial charge in [0.15, 0.2) is 5.78 Å². The van der Waals surface area contributed by atoms with Crippen molar-refractivity contribution in [3.63, 3.8) is 0 Å². The molecule has 0 saturated heterocycles. The molecule has 4 rings (SSSR count). The topological polar surface area (TPSA) is 60.2 Å². The van der Waals surface area contributed by atoms with E-state index in [1.807, 2.05) is 6.08 Å². The molecule has 0 bridgehead atoms. The highest BCUT2D eigenvalue weighted by Gasteiger charge is 2.58. The maximum atomic E-state index is 11.7. The molecule has 2 fully saturated rings. The SMILES string of the molecule is C[C@]12CCC3=C4CCC(=O)C=C4CC[C@H]3[C@@H]1CC[C@@H]2[N+](=O)[O-]. The number of rotatable bonds is 1. The van der Waals surface area contributed by atoms with Crippen LogP contribution in [0.25, 0.3) is 0 Å². The highest BCUT2D eigenvalue weighted by molar-refractivity contribution is 5.93. The molecule has 4 heteroatoms. The van der Waals surface area contributed by atoms with Crippen LogP contribution in [0.2, 0.25) is 0 Å². The van der Waals surface area contributed by atoms with E-state index in [1.54, 1.807) is 5.57 Å². The molecule has 0 aliphatic heterocycles. The molecular formula is C18H23NO3. The number of hydrogen-bond acceptors (Lipinski definition) is 3. The van der Waals surface area contributed by atoms with Crippen molar-refractivity contribution in [3.05, 3.63) is 32.9 Å². The van der Waals surface area contributed by atoms with Gasteiger partial charge in [0.2, 0.25) is 6.04 Å². The van der Waals surface area contributed by atoms with Gasteiger partial charge in [0.1, 0.15) is 0 Å². The zero-order chi connectivity index (χ0) is 15.5. The maximum Gasteiger partial charge on any atom is 0.218 e. The minimum atomic E-state index is -0.353. The number of ketones is 1. The largest absolute Gasteiger partial charge is 0.295 e. The lowest BCUT2D eigenvalue weighted by Crippen LogP contribution is -2.44. The molecule has 0 aromatic rings. The number of fused-ring (bicyclic) bond motifs is 4. The minimum absolute atomic E-state index is 0.0223. The van der Waals surface area contributed by atoms with Crippen LogP contribution in [0.1, 0.15) is 58.3 Å². The Bertz CT molecular complexity index is 618. The van der Waals surface area contributed by atoms with Crippen LogP contribution in [0.15, 0.2) is 22.8 Å². The van der Waals surface area contributed by atoms with E-state index in [2.05, 4.69) is 6.92 Å². The van der Waals surface area contributed by atoms with Crippen LogP contribution < -0.4 is 0 Å². The van der Waals surface area contributed by atoms with Gasteiger partial charge >= 0.3 is 0 Å². The van der Waals surface area contributed by atoms with E-state index < -0.39 is 0 Å². The summed E-state index contributed by atoms with van der Waals surface area (Å²) in [5.74, 6) is 1.27. The molecule has 0 aromatic carbocycles. The minimum Gasteiger partial charge on any atom is -0.295 e. The van der Waals surface area contributed by atoms with Gasteiger partial charge in [-0.1, -0.05) is 12.5 Å². The molecule has 0 spiro atoms. The van der Waals surface area contributed by atoms with E-state index in [4.69, 9.17) is 0 Å². The smallest absolute Gasteiger partial charge is 0.218 e. The zero-order valence-electron chi connectivity index (χ0n) is 13.1. The predicted octanol–water partition coefficient (Wildman–Crippen LogP) is 3.84. The Balaban J connectivity index is 1.72. The molecule has 4 atom stereocenters. The van der Waals surface area contributed by atoms with Crippen molar-refractivity contribution in [2.24, 2.45) is 17.3 Å². The van der Waals surface area contributed by atoms with Crippen LogP contribution in [-0.2, 0) is 4.79 Å². The molecule has 0 unspecified atom stereocenters. The van der Waals surface area contributed by atoms with E-state index in [0.717, 1.165) is 44.9 Å². The summed E-state index contributed by atoms with van der Waals surface area (Å²) in [6.45, 7) is 2.16. The monoisotopic (exact) mass is 301 g/mol. The lowest BCUT2D eigenvalue weighted by atomic mass is 9.57. The molecule has 0 aromatic heterocycles. The van der Waals surface area contributed by atoms with Crippen LogP contribution in [0.3, 0.4) is 0 Å². The third kappa shape index (κ3) is 1.85. The Labute approximate surface area is 130 Å². The fourth-order valence-electron chi connectivity index (χ4n) is 5.85. The summed E-state index contributed by atoms with van der Waals surface area (Å²) in [5.41, 5.74) is 4.15. The average molecular weight is 301 g/mol. The molecule has 0 amide bonds. The fraction of sp³-hybridized carbons (Fsp3) is 0.722. The second kappa shape index (κ2) is 4.77. The number of allylic oxidation sites excluding steroid dienone is 4. The molecular weight excluding hydrogens is 278 g/mol. The standard InChI is InChI=1S/C18H23NO3/c1-18-9-8-14-13-5-3-12(20)10-11(13)2-4-15(14)16(18)6-7-17(18)19(21)22/h10,15-17H,2-9H2,1H3/t15-,16+,17+,18+/m1/s1. The highest BCUT2D eigenvalue weighted by atomic mass is 16.6. The Morgan fingerprint density at radius 2 is 2.00 bits per heavy atom. The van der Waals surface area contributed by atoms with Gasteiger partial charge in [-0.2, -0.15) is 0 Å². The van der Waals surface area contributed by atoms with E-state index in [9.17, 15) is 14.9 Å². The van der Waals surface area contributed by atoms with Crippen LogP contribution in [0, 0.1) is 27.4 Å². The van der Waals surface area contributed by atoms with Crippen LogP contribution in [0.5, 0.6) is 0 Å². The van der Waals surface area contributed by atoms with Gasteiger partial charge in [-0.15, -0.1) is 0 Å². The number of carbonyl (C=O) groups is 1. The van der Waals surface area contributed by atoms with Crippen molar-refractivity contribution in [1.29, 1.82) is 0 Å². The normalized spacial score (nSPS) is 40.7. The zero-order valence-corrected chi connectivity index (χ0v) is 13.1. The Morgan fingerprint density at radius 1 is 1.18 bits per heavy atom. The molecule has 118 valence electrons. The van der Waals surface area contributed by atoms with Gasteiger partial charge in [0, 0.05) is 23.2 Å². The molecule has 4 aliphatic rings. The van der Waals surface area contributed by atoms with E-state index in [0.29, 0.717) is 18.3 Å². The Hall–Kier alpha value is -1.45. The summed E-state index contributed by atoms with van der Waals surface area (Å²) in [5, 5.41) is 11.4. The first-order valence-corrected chi connectivity index (χ1v) is 8.60. The quantitative estimate of drug-likeness (QED) is 0.546. The van der Waals surface area contributed by atoms with Crippen LogP contribution in [-0.4, -0.2) is 16.7 Å². The second-order valence-corrected chi connectivity index (χ2v) is 7.78. The molecule has 2 saturated carbocycles. The number of nitrogens with zero attached hydrogens (tertiary/aromatic N) is 1. The summed E-state index contributed by atoms with van der Waals surface area (Å²) in [6, 6.07) is -0.353. The van der Waals surface area contributed by atoms with E-state index in [-0.39, 0.29) is 22.2 Å². The molecule has 22 heavy (non-hydrogen) atoms. The average Bonchev–Trinajstić information content (AvgIpc) is 2.84. The van der Waals surface area contributed by atoms with Crippen molar-refractivity contribution in [3.8, 4) is 0 Å². The number of hydrogen-bond donors (Lipinski definition) is 0. The lowest BCUT2D eigenvalue weighted by Gasteiger charge is -2.47. The summed E-state index contributed by atoms with van der Waals surface area (Å²) in [7, 11) is 0. The lowest BCUT2D eigenvalue weighted by molar-refractivity contribution is -0.539. The third-order valence-corrected chi connectivity index (χ3v) is 6.94. The van der Waals surface area contributed by atoms with E-state index in [1.165, 1.54) is 11.1 Å². The van der Waals surface area contributed by atoms with Crippen molar-refractivity contribution in [2.75, 3.05) is 0 Å². The van der Waals surface area contributed by atoms with Crippen molar-refractivity contribution in [2.45, 2.75) is 64.3 Å². The number of carbonyl (C=O) groups excluding carboxylic acids is 1. The summed E-state index contributed by atoms with van der Waals surface area (Å²) in [4.78, 5) is 23.1. The molecule has 4 aliphatic carbocycles. The first-order chi connectivity index (χ1) is 10.5. The maximum absolute atomic E-state index is 11.7. The van der Waals surface area contributed by atoms with Crippen molar-refractivity contribution < 1.29 is 9.72 Å². The van der Waals surface area contributed by atoms with Crippen LogP contribution in [0.4, 0.5) is 0 Å².